The first-order valence-electron chi connectivity index (χ1n) is 5.83. The Morgan fingerprint density at radius 2 is 2.35 bits per heavy atom. The molecule has 1 aliphatic heterocycles. The fourth-order valence-electron chi connectivity index (χ4n) is 1.97. The average Bonchev–Trinajstić information content (AvgIpc) is 2.81. The summed E-state index contributed by atoms with van der Waals surface area (Å²) in [5.41, 5.74) is 3.12. The number of amides is 1. The molecule has 0 bridgehead atoms. The van der Waals surface area contributed by atoms with Gasteiger partial charge in [-0.25, -0.2) is 0 Å². The molecule has 0 radical (unpaired) electrons. The molecule has 0 saturated heterocycles. The molecule has 1 aromatic rings. The maximum Gasteiger partial charge on any atom is 0.253 e. The van der Waals surface area contributed by atoms with Crippen LogP contribution in [0.15, 0.2) is 18.2 Å². The number of carbonyl (C=O) groups is 1. The zero-order valence-corrected chi connectivity index (χ0v) is 10.3. The maximum absolute atomic E-state index is 12.1. The minimum absolute atomic E-state index is 0.0403. The number of nitrogens with zero attached hydrogens (tertiary/aromatic N) is 1. The number of carbonyl (C=O) groups excluding carboxylic acids is 1. The van der Waals surface area contributed by atoms with Gasteiger partial charge < -0.3 is 15.0 Å². The SMILES string of the molecule is COCCN(C)C(=O)c1ccc2c(c1)NCC2. The number of benzene rings is 1. The number of anilines is 1. The lowest BCUT2D eigenvalue weighted by molar-refractivity contribution is 0.0744. The van der Waals surface area contributed by atoms with E-state index in [1.165, 1.54) is 5.56 Å². The van der Waals surface area contributed by atoms with Crippen molar-refractivity contribution in [2.75, 3.05) is 39.2 Å². The zero-order valence-electron chi connectivity index (χ0n) is 10.3. The van der Waals surface area contributed by atoms with Crippen LogP contribution in [-0.2, 0) is 11.2 Å². The minimum Gasteiger partial charge on any atom is -0.384 e. The second-order valence-corrected chi connectivity index (χ2v) is 4.27. The Labute approximate surface area is 102 Å². The Bertz CT molecular complexity index is 418. The normalized spacial score (nSPS) is 13.1. The minimum atomic E-state index is 0.0403. The molecule has 1 amide bonds. The summed E-state index contributed by atoms with van der Waals surface area (Å²) in [5, 5.41) is 3.28. The van der Waals surface area contributed by atoms with E-state index in [1.807, 2.05) is 18.2 Å². The molecule has 0 fully saturated rings. The lowest BCUT2D eigenvalue weighted by Gasteiger charge is -2.17. The van der Waals surface area contributed by atoms with Crippen LogP contribution in [0.5, 0.6) is 0 Å². The van der Waals surface area contributed by atoms with E-state index in [0.29, 0.717) is 13.2 Å². The van der Waals surface area contributed by atoms with Crippen LogP contribution in [0.2, 0.25) is 0 Å². The van der Waals surface area contributed by atoms with Crippen molar-refractivity contribution >= 4 is 11.6 Å². The molecule has 92 valence electrons. The molecule has 1 aromatic carbocycles. The van der Waals surface area contributed by atoms with Crippen LogP contribution >= 0.6 is 0 Å². The van der Waals surface area contributed by atoms with E-state index in [2.05, 4.69) is 5.32 Å². The van der Waals surface area contributed by atoms with Gasteiger partial charge in [0.2, 0.25) is 0 Å². The summed E-state index contributed by atoms with van der Waals surface area (Å²) in [5.74, 6) is 0.0403. The number of hydrogen-bond donors (Lipinski definition) is 1. The number of likely N-dealkylation sites (N-methyl/N-ethyl adjacent to an activating group) is 1. The monoisotopic (exact) mass is 234 g/mol. The van der Waals surface area contributed by atoms with E-state index < -0.39 is 0 Å². The summed E-state index contributed by atoms with van der Waals surface area (Å²) in [6.45, 7) is 2.14. The number of rotatable bonds is 4. The summed E-state index contributed by atoms with van der Waals surface area (Å²) in [4.78, 5) is 13.8. The second-order valence-electron chi connectivity index (χ2n) is 4.27. The van der Waals surface area contributed by atoms with Crippen LogP contribution in [0.4, 0.5) is 5.69 Å². The highest BCUT2D eigenvalue weighted by Gasteiger charge is 2.15. The van der Waals surface area contributed by atoms with Crippen LogP contribution in [0.3, 0.4) is 0 Å². The Morgan fingerprint density at radius 1 is 1.53 bits per heavy atom. The van der Waals surface area contributed by atoms with Crippen molar-refractivity contribution in [2.24, 2.45) is 0 Å². The van der Waals surface area contributed by atoms with Gasteiger partial charge in [0.05, 0.1) is 6.61 Å². The largest absolute Gasteiger partial charge is 0.384 e. The van der Waals surface area contributed by atoms with Crippen molar-refractivity contribution in [2.45, 2.75) is 6.42 Å². The fourth-order valence-corrected chi connectivity index (χ4v) is 1.97. The van der Waals surface area contributed by atoms with Gasteiger partial charge in [0.1, 0.15) is 0 Å². The highest BCUT2D eigenvalue weighted by molar-refractivity contribution is 5.95. The molecule has 4 heteroatoms. The smallest absolute Gasteiger partial charge is 0.253 e. The third-order valence-corrected chi connectivity index (χ3v) is 3.04. The van der Waals surface area contributed by atoms with Crippen molar-refractivity contribution in [3.63, 3.8) is 0 Å². The standard InChI is InChI=1S/C13H18N2O2/c1-15(7-8-17-2)13(16)11-4-3-10-5-6-14-12(10)9-11/h3-4,9,14H,5-8H2,1-2H3. The molecule has 17 heavy (non-hydrogen) atoms. The molecular formula is C13H18N2O2. The highest BCUT2D eigenvalue weighted by Crippen LogP contribution is 2.23. The van der Waals surface area contributed by atoms with Crippen LogP contribution in [0, 0.1) is 0 Å². The van der Waals surface area contributed by atoms with Gasteiger partial charge in [-0.05, 0) is 24.1 Å². The predicted octanol–water partition coefficient (Wildman–Crippen LogP) is 1.37. The third kappa shape index (κ3) is 2.58. The lowest BCUT2D eigenvalue weighted by atomic mass is 10.1. The Kier molecular flexibility index (Phi) is 3.64. The molecule has 4 nitrogen and oxygen atoms in total. The number of hydrogen-bond acceptors (Lipinski definition) is 3. The predicted molar refractivity (Wildman–Crippen MR) is 67.5 cm³/mol. The average molecular weight is 234 g/mol. The quantitative estimate of drug-likeness (QED) is 0.855. The van der Waals surface area contributed by atoms with E-state index in [0.717, 1.165) is 24.2 Å². The van der Waals surface area contributed by atoms with E-state index in [1.54, 1.807) is 19.1 Å². The molecule has 0 aliphatic carbocycles. The van der Waals surface area contributed by atoms with Gasteiger partial charge in [0, 0.05) is 38.5 Å². The molecule has 0 aromatic heterocycles. The molecule has 0 saturated carbocycles. The number of methoxy groups -OCH3 is 1. The molecule has 0 atom stereocenters. The van der Waals surface area contributed by atoms with Gasteiger partial charge in [-0.2, -0.15) is 0 Å². The zero-order chi connectivity index (χ0) is 12.3. The first-order chi connectivity index (χ1) is 8.22. The first-order valence-corrected chi connectivity index (χ1v) is 5.83. The van der Waals surface area contributed by atoms with Gasteiger partial charge in [-0.3, -0.25) is 4.79 Å². The van der Waals surface area contributed by atoms with Crippen molar-refractivity contribution in [1.29, 1.82) is 0 Å². The number of ether oxygens (including phenoxy) is 1. The summed E-state index contributed by atoms with van der Waals surface area (Å²) < 4.78 is 4.97. The molecule has 0 spiro atoms. The van der Waals surface area contributed by atoms with Crippen LogP contribution in [0.25, 0.3) is 0 Å². The van der Waals surface area contributed by atoms with Gasteiger partial charge in [-0.1, -0.05) is 6.07 Å². The molecule has 2 rings (SSSR count). The fraction of sp³-hybridized carbons (Fsp3) is 0.462. The van der Waals surface area contributed by atoms with Crippen LogP contribution in [-0.4, -0.2) is 44.7 Å². The summed E-state index contributed by atoms with van der Waals surface area (Å²) >= 11 is 0. The molecular weight excluding hydrogens is 216 g/mol. The van der Waals surface area contributed by atoms with Gasteiger partial charge in [0.15, 0.2) is 0 Å². The summed E-state index contributed by atoms with van der Waals surface area (Å²) in [6, 6.07) is 5.87. The van der Waals surface area contributed by atoms with Crippen molar-refractivity contribution < 1.29 is 9.53 Å². The van der Waals surface area contributed by atoms with E-state index >= 15 is 0 Å². The van der Waals surface area contributed by atoms with Crippen LogP contribution < -0.4 is 5.32 Å². The van der Waals surface area contributed by atoms with Crippen molar-refractivity contribution in [1.82, 2.24) is 4.90 Å². The highest BCUT2D eigenvalue weighted by atomic mass is 16.5. The van der Waals surface area contributed by atoms with Gasteiger partial charge in [0.25, 0.3) is 5.91 Å². The van der Waals surface area contributed by atoms with Gasteiger partial charge in [-0.15, -0.1) is 0 Å². The summed E-state index contributed by atoms with van der Waals surface area (Å²) in [7, 11) is 3.43. The number of nitrogens with one attached hydrogen (secondary N) is 1. The summed E-state index contributed by atoms with van der Waals surface area (Å²) in [6.07, 6.45) is 1.04. The Morgan fingerprint density at radius 3 is 3.12 bits per heavy atom. The maximum atomic E-state index is 12.1. The number of fused-ring (bicyclic) bond motifs is 1. The second kappa shape index (κ2) is 5.19. The molecule has 1 N–H and O–H groups in total. The Hall–Kier alpha value is -1.55. The first kappa shape index (κ1) is 11.9. The molecule has 0 unspecified atom stereocenters. The lowest BCUT2D eigenvalue weighted by Crippen LogP contribution is -2.29. The van der Waals surface area contributed by atoms with E-state index in [4.69, 9.17) is 4.74 Å². The van der Waals surface area contributed by atoms with E-state index in [-0.39, 0.29) is 5.91 Å². The van der Waals surface area contributed by atoms with Crippen molar-refractivity contribution in [3.8, 4) is 0 Å². The van der Waals surface area contributed by atoms with Crippen LogP contribution in [0.1, 0.15) is 15.9 Å². The molecule has 1 aliphatic rings. The van der Waals surface area contributed by atoms with Gasteiger partial charge >= 0.3 is 0 Å². The van der Waals surface area contributed by atoms with Crippen molar-refractivity contribution in [3.05, 3.63) is 29.3 Å². The molecule has 1 heterocycles. The topological polar surface area (TPSA) is 41.6 Å². The van der Waals surface area contributed by atoms with E-state index in [9.17, 15) is 4.79 Å². The third-order valence-electron chi connectivity index (χ3n) is 3.04. The Balaban J connectivity index is 2.09.